The summed E-state index contributed by atoms with van der Waals surface area (Å²) in [5.74, 6) is -0.223. The molecule has 0 aliphatic carbocycles. The molecule has 1 rings (SSSR count). The van der Waals surface area contributed by atoms with Crippen molar-refractivity contribution < 1.29 is 9.90 Å². The summed E-state index contributed by atoms with van der Waals surface area (Å²) in [7, 11) is 0. The number of hydrogen-bond acceptors (Lipinski definition) is 2. The quantitative estimate of drug-likeness (QED) is 0.621. The average molecular weight is 219 g/mol. The summed E-state index contributed by atoms with van der Waals surface area (Å²) < 4.78 is 0. The summed E-state index contributed by atoms with van der Waals surface area (Å²) in [6, 6.07) is 9.56. The molecule has 0 bridgehead atoms. The van der Waals surface area contributed by atoms with Crippen molar-refractivity contribution in [2.24, 2.45) is 0 Å². The lowest BCUT2D eigenvalue weighted by Gasteiger charge is -2.25. The number of amides is 1. The molecular formula is C13H17NO2. The largest absolute Gasteiger partial charge is 0.374 e. The van der Waals surface area contributed by atoms with Crippen molar-refractivity contribution in [1.82, 2.24) is 4.90 Å². The van der Waals surface area contributed by atoms with Gasteiger partial charge in [0, 0.05) is 12.1 Å². The molecule has 0 radical (unpaired) electrons. The number of carbonyl (C=O) groups is 1. The standard InChI is InChI=1S/C13H17NO2/c1-10(2)13(16)14(11(3)15)9-12-7-5-4-6-8-12/h4-8,11,15H,1,9H2,2-3H3. The highest BCUT2D eigenvalue weighted by molar-refractivity contribution is 5.92. The number of carbonyl (C=O) groups excluding carboxylic acids is 1. The van der Waals surface area contributed by atoms with Gasteiger partial charge in [-0.1, -0.05) is 36.9 Å². The summed E-state index contributed by atoms with van der Waals surface area (Å²) in [5.41, 5.74) is 1.41. The fraction of sp³-hybridized carbons (Fsp3) is 0.308. The molecule has 16 heavy (non-hydrogen) atoms. The van der Waals surface area contributed by atoms with Crippen LogP contribution in [0.2, 0.25) is 0 Å². The van der Waals surface area contributed by atoms with Gasteiger partial charge in [-0.3, -0.25) is 4.79 Å². The number of aliphatic hydroxyl groups is 1. The van der Waals surface area contributed by atoms with Crippen molar-refractivity contribution in [3.05, 3.63) is 48.0 Å². The lowest BCUT2D eigenvalue weighted by molar-refractivity contribution is -0.136. The van der Waals surface area contributed by atoms with Gasteiger partial charge in [0.05, 0.1) is 0 Å². The second kappa shape index (κ2) is 5.47. The number of nitrogens with zero attached hydrogens (tertiary/aromatic N) is 1. The molecule has 0 fully saturated rings. The molecule has 0 heterocycles. The van der Waals surface area contributed by atoms with Gasteiger partial charge in [0.1, 0.15) is 6.23 Å². The molecule has 86 valence electrons. The van der Waals surface area contributed by atoms with Gasteiger partial charge < -0.3 is 10.0 Å². The highest BCUT2D eigenvalue weighted by Crippen LogP contribution is 2.10. The van der Waals surface area contributed by atoms with Gasteiger partial charge in [-0.15, -0.1) is 0 Å². The van der Waals surface area contributed by atoms with Crippen LogP contribution in [0.15, 0.2) is 42.5 Å². The zero-order valence-corrected chi connectivity index (χ0v) is 9.68. The summed E-state index contributed by atoms with van der Waals surface area (Å²) in [5, 5.41) is 9.56. The molecule has 0 spiro atoms. The van der Waals surface area contributed by atoms with E-state index < -0.39 is 6.23 Å². The Morgan fingerprint density at radius 1 is 1.44 bits per heavy atom. The Morgan fingerprint density at radius 2 is 2.00 bits per heavy atom. The van der Waals surface area contributed by atoms with Gasteiger partial charge in [0.25, 0.3) is 5.91 Å². The highest BCUT2D eigenvalue weighted by atomic mass is 16.3. The van der Waals surface area contributed by atoms with Crippen molar-refractivity contribution in [3.63, 3.8) is 0 Å². The Morgan fingerprint density at radius 3 is 2.44 bits per heavy atom. The molecule has 3 heteroatoms. The van der Waals surface area contributed by atoms with Crippen LogP contribution in [0, 0.1) is 0 Å². The SMILES string of the molecule is C=C(C)C(=O)N(Cc1ccccc1)C(C)O. The maximum Gasteiger partial charge on any atom is 0.251 e. The van der Waals surface area contributed by atoms with Gasteiger partial charge in [-0.05, 0) is 19.4 Å². The monoisotopic (exact) mass is 219 g/mol. The van der Waals surface area contributed by atoms with Crippen LogP contribution in [0.5, 0.6) is 0 Å². The Bertz CT molecular complexity index is 371. The average Bonchev–Trinajstić information content (AvgIpc) is 2.26. The lowest BCUT2D eigenvalue weighted by Crippen LogP contribution is -2.38. The Labute approximate surface area is 96.0 Å². The molecule has 0 aliphatic rings. The fourth-order valence-corrected chi connectivity index (χ4v) is 1.40. The molecule has 1 N–H and O–H groups in total. The number of aliphatic hydroxyl groups excluding tert-OH is 1. The highest BCUT2D eigenvalue weighted by Gasteiger charge is 2.18. The van der Waals surface area contributed by atoms with Crippen LogP contribution >= 0.6 is 0 Å². The van der Waals surface area contributed by atoms with Crippen LogP contribution in [-0.4, -0.2) is 22.1 Å². The second-order valence-corrected chi connectivity index (χ2v) is 3.83. The Balaban J connectivity index is 2.81. The topological polar surface area (TPSA) is 40.5 Å². The molecule has 1 atom stereocenters. The van der Waals surface area contributed by atoms with E-state index in [-0.39, 0.29) is 5.91 Å². The molecule has 0 aliphatic heterocycles. The molecule has 0 saturated heterocycles. The zero-order chi connectivity index (χ0) is 12.1. The normalized spacial score (nSPS) is 11.9. The summed E-state index contributed by atoms with van der Waals surface area (Å²) in [6.45, 7) is 7.21. The van der Waals surface area contributed by atoms with E-state index in [2.05, 4.69) is 6.58 Å². The maximum absolute atomic E-state index is 11.8. The first kappa shape index (κ1) is 12.5. The summed E-state index contributed by atoms with van der Waals surface area (Å²) >= 11 is 0. The Hall–Kier alpha value is -1.61. The molecule has 3 nitrogen and oxygen atoms in total. The predicted octanol–water partition coefficient (Wildman–Crippen LogP) is 1.93. The number of benzene rings is 1. The molecule has 1 aromatic carbocycles. The predicted molar refractivity (Wildman–Crippen MR) is 63.5 cm³/mol. The molecule has 1 aromatic rings. The van der Waals surface area contributed by atoms with Gasteiger partial charge >= 0.3 is 0 Å². The van der Waals surface area contributed by atoms with Crippen molar-refractivity contribution in [2.75, 3.05) is 0 Å². The minimum atomic E-state index is -0.815. The first-order chi connectivity index (χ1) is 7.52. The van der Waals surface area contributed by atoms with E-state index in [1.165, 1.54) is 4.90 Å². The summed E-state index contributed by atoms with van der Waals surface area (Å²) in [6.07, 6.45) is -0.815. The zero-order valence-electron chi connectivity index (χ0n) is 9.68. The van der Waals surface area contributed by atoms with Gasteiger partial charge in [0.2, 0.25) is 0 Å². The van der Waals surface area contributed by atoms with Crippen LogP contribution < -0.4 is 0 Å². The molecule has 1 amide bonds. The van der Waals surface area contributed by atoms with Gasteiger partial charge in [-0.2, -0.15) is 0 Å². The minimum absolute atomic E-state index is 0.223. The number of hydrogen-bond donors (Lipinski definition) is 1. The first-order valence-electron chi connectivity index (χ1n) is 5.21. The van der Waals surface area contributed by atoms with Crippen LogP contribution in [0.3, 0.4) is 0 Å². The van der Waals surface area contributed by atoms with Crippen molar-refractivity contribution in [1.29, 1.82) is 0 Å². The van der Waals surface area contributed by atoms with Crippen LogP contribution in [0.25, 0.3) is 0 Å². The van der Waals surface area contributed by atoms with E-state index in [1.807, 2.05) is 30.3 Å². The molecule has 0 aromatic heterocycles. The van der Waals surface area contributed by atoms with Crippen molar-refractivity contribution in [2.45, 2.75) is 26.6 Å². The summed E-state index contributed by atoms with van der Waals surface area (Å²) in [4.78, 5) is 13.1. The third-order valence-corrected chi connectivity index (χ3v) is 2.27. The van der Waals surface area contributed by atoms with E-state index in [4.69, 9.17) is 0 Å². The van der Waals surface area contributed by atoms with E-state index in [9.17, 15) is 9.90 Å². The fourth-order valence-electron chi connectivity index (χ4n) is 1.40. The van der Waals surface area contributed by atoms with E-state index in [1.54, 1.807) is 13.8 Å². The van der Waals surface area contributed by atoms with Crippen molar-refractivity contribution >= 4 is 5.91 Å². The van der Waals surface area contributed by atoms with Crippen LogP contribution in [0.4, 0.5) is 0 Å². The van der Waals surface area contributed by atoms with Crippen molar-refractivity contribution in [3.8, 4) is 0 Å². The first-order valence-corrected chi connectivity index (χ1v) is 5.21. The maximum atomic E-state index is 11.8. The van der Waals surface area contributed by atoms with E-state index in [0.29, 0.717) is 12.1 Å². The lowest BCUT2D eigenvalue weighted by atomic mass is 10.2. The third-order valence-electron chi connectivity index (χ3n) is 2.27. The van der Waals surface area contributed by atoms with Gasteiger partial charge in [0.15, 0.2) is 0 Å². The van der Waals surface area contributed by atoms with E-state index in [0.717, 1.165) is 5.56 Å². The Kier molecular flexibility index (Phi) is 4.26. The number of rotatable bonds is 4. The smallest absolute Gasteiger partial charge is 0.251 e. The van der Waals surface area contributed by atoms with Crippen LogP contribution in [0.1, 0.15) is 19.4 Å². The van der Waals surface area contributed by atoms with Gasteiger partial charge in [-0.25, -0.2) is 0 Å². The van der Waals surface area contributed by atoms with Crippen LogP contribution in [-0.2, 0) is 11.3 Å². The molecule has 0 saturated carbocycles. The second-order valence-electron chi connectivity index (χ2n) is 3.83. The molecule has 1 unspecified atom stereocenters. The van der Waals surface area contributed by atoms with E-state index >= 15 is 0 Å². The third kappa shape index (κ3) is 3.21. The minimum Gasteiger partial charge on any atom is -0.374 e. The molecular weight excluding hydrogens is 202 g/mol.